The smallest absolute Gasteiger partial charge is 0.0420 e. The maximum atomic E-state index is 10.9. The number of carboxylic acid groups (broad SMARTS) is 1. The van der Waals surface area contributed by atoms with Gasteiger partial charge in [0.1, 0.15) is 0 Å². The molecule has 0 spiro atoms. The molecule has 2 nitrogen and oxygen atoms in total. The highest BCUT2D eigenvalue weighted by molar-refractivity contribution is 6.23. The van der Waals surface area contributed by atoms with Gasteiger partial charge in [-0.3, -0.25) is 0 Å². The zero-order valence-electron chi connectivity index (χ0n) is 12.3. The molecular weight excluding hydrogens is 272 g/mol. The van der Waals surface area contributed by atoms with Crippen molar-refractivity contribution in [2.45, 2.75) is 19.3 Å². The third-order valence-electron chi connectivity index (χ3n) is 4.57. The molecule has 2 heteroatoms. The van der Waals surface area contributed by atoms with Gasteiger partial charge in [0.15, 0.2) is 0 Å². The van der Waals surface area contributed by atoms with Gasteiger partial charge in [0, 0.05) is 5.97 Å². The van der Waals surface area contributed by atoms with Crippen molar-refractivity contribution in [1.82, 2.24) is 0 Å². The minimum Gasteiger partial charge on any atom is -0.550 e. The topological polar surface area (TPSA) is 40.1 Å². The van der Waals surface area contributed by atoms with Crippen molar-refractivity contribution in [2.24, 2.45) is 0 Å². The quantitative estimate of drug-likeness (QED) is 0.537. The lowest BCUT2D eigenvalue weighted by Crippen LogP contribution is -2.23. The Morgan fingerprint density at radius 3 is 2.18 bits per heavy atom. The van der Waals surface area contributed by atoms with Crippen molar-refractivity contribution < 1.29 is 9.90 Å². The van der Waals surface area contributed by atoms with Crippen LogP contribution in [0.25, 0.3) is 32.3 Å². The summed E-state index contributed by atoms with van der Waals surface area (Å²) in [6, 6.07) is 19.0. The highest BCUT2D eigenvalue weighted by Gasteiger charge is 2.14. The fourth-order valence-electron chi connectivity index (χ4n) is 3.55. The molecule has 0 bridgehead atoms. The van der Waals surface area contributed by atoms with E-state index < -0.39 is 5.97 Å². The maximum absolute atomic E-state index is 10.9. The van der Waals surface area contributed by atoms with Crippen LogP contribution in [0.2, 0.25) is 0 Å². The summed E-state index contributed by atoms with van der Waals surface area (Å²) >= 11 is 0. The molecule has 0 unspecified atom stereocenters. The second-order valence-electron chi connectivity index (χ2n) is 5.99. The van der Waals surface area contributed by atoms with Crippen molar-refractivity contribution in [2.75, 3.05) is 0 Å². The number of carbonyl (C=O) groups excluding carboxylic acids is 1. The molecule has 0 N–H and O–H groups in total. The summed E-state index contributed by atoms with van der Waals surface area (Å²) in [6.07, 6.45) is 0.0456. The molecule has 0 aliphatic rings. The number of hydrogen-bond donors (Lipinski definition) is 0. The van der Waals surface area contributed by atoms with E-state index in [0.717, 1.165) is 10.9 Å². The second kappa shape index (κ2) is 4.70. The van der Waals surface area contributed by atoms with Crippen LogP contribution < -0.4 is 5.11 Å². The molecule has 0 aliphatic carbocycles. The van der Waals surface area contributed by atoms with Gasteiger partial charge < -0.3 is 9.90 Å². The molecule has 0 saturated carbocycles. The molecule has 22 heavy (non-hydrogen) atoms. The first-order valence-electron chi connectivity index (χ1n) is 7.51. The standard InChI is InChI=1S/C20H16O2/c1-12(11-18(21)22)16-9-7-15-6-5-13-3-2-4-14-8-10-17(16)20(15)19(13)14/h2-10,12H,11H2,1H3,(H,21,22)/p-1/t12-/m1/s1. The van der Waals surface area contributed by atoms with Crippen LogP contribution in [0.3, 0.4) is 0 Å². The summed E-state index contributed by atoms with van der Waals surface area (Å²) in [7, 11) is 0. The minimum atomic E-state index is -1.00. The first kappa shape index (κ1) is 13.1. The van der Waals surface area contributed by atoms with E-state index in [1.54, 1.807) is 0 Å². The third-order valence-corrected chi connectivity index (χ3v) is 4.57. The molecule has 0 radical (unpaired) electrons. The van der Waals surface area contributed by atoms with Gasteiger partial charge in [-0.05, 0) is 50.2 Å². The van der Waals surface area contributed by atoms with Crippen molar-refractivity contribution >= 4 is 38.3 Å². The summed E-state index contributed by atoms with van der Waals surface area (Å²) in [5.74, 6) is -1.06. The average Bonchev–Trinajstić information content (AvgIpc) is 2.51. The second-order valence-corrected chi connectivity index (χ2v) is 5.99. The number of carboxylic acids is 1. The minimum absolute atomic E-state index is 0.0456. The molecule has 1 atom stereocenters. The molecule has 0 amide bonds. The normalized spacial score (nSPS) is 13.1. The van der Waals surface area contributed by atoms with E-state index in [2.05, 4.69) is 54.6 Å². The number of carbonyl (C=O) groups is 1. The molecular formula is C20H15O2-. The van der Waals surface area contributed by atoms with E-state index in [1.165, 1.54) is 26.9 Å². The van der Waals surface area contributed by atoms with Gasteiger partial charge in [-0.15, -0.1) is 0 Å². The Kier molecular flexibility index (Phi) is 2.80. The zero-order valence-corrected chi connectivity index (χ0v) is 12.3. The highest BCUT2D eigenvalue weighted by Crippen LogP contribution is 2.38. The van der Waals surface area contributed by atoms with E-state index >= 15 is 0 Å². The van der Waals surface area contributed by atoms with Crippen molar-refractivity contribution in [3.8, 4) is 0 Å². The molecule has 0 aromatic heterocycles. The molecule has 0 heterocycles. The Labute approximate surface area is 128 Å². The average molecular weight is 287 g/mol. The lowest BCUT2D eigenvalue weighted by molar-refractivity contribution is -0.306. The molecule has 4 aromatic carbocycles. The number of rotatable bonds is 3. The fourth-order valence-corrected chi connectivity index (χ4v) is 3.55. The van der Waals surface area contributed by atoms with Gasteiger partial charge in [-0.2, -0.15) is 0 Å². The number of aliphatic carboxylic acids is 1. The van der Waals surface area contributed by atoms with Crippen LogP contribution in [0.5, 0.6) is 0 Å². The van der Waals surface area contributed by atoms with E-state index in [4.69, 9.17) is 0 Å². The van der Waals surface area contributed by atoms with Gasteiger partial charge in [0.05, 0.1) is 0 Å². The Bertz CT molecular complexity index is 985. The zero-order chi connectivity index (χ0) is 15.3. The van der Waals surface area contributed by atoms with Gasteiger partial charge in [0.25, 0.3) is 0 Å². The molecule has 4 aromatic rings. The number of hydrogen-bond acceptors (Lipinski definition) is 2. The van der Waals surface area contributed by atoms with Crippen LogP contribution in [0.15, 0.2) is 54.6 Å². The van der Waals surface area contributed by atoms with Gasteiger partial charge in [-0.25, -0.2) is 0 Å². The predicted octanol–water partition coefficient (Wildman–Crippen LogP) is 3.83. The lowest BCUT2D eigenvalue weighted by atomic mass is 9.87. The summed E-state index contributed by atoms with van der Waals surface area (Å²) < 4.78 is 0. The van der Waals surface area contributed by atoms with Crippen LogP contribution in [0.1, 0.15) is 24.8 Å². The summed E-state index contributed by atoms with van der Waals surface area (Å²) in [5, 5.41) is 18.2. The Morgan fingerprint density at radius 1 is 0.909 bits per heavy atom. The monoisotopic (exact) mass is 287 g/mol. The SMILES string of the molecule is C[C@H](CC(=O)[O-])c1ccc2ccc3cccc4ccc1c2c34. The van der Waals surface area contributed by atoms with Crippen LogP contribution >= 0.6 is 0 Å². The largest absolute Gasteiger partial charge is 0.550 e. The van der Waals surface area contributed by atoms with Crippen LogP contribution in [0.4, 0.5) is 0 Å². The number of benzene rings is 4. The predicted molar refractivity (Wildman–Crippen MR) is 88.2 cm³/mol. The van der Waals surface area contributed by atoms with Gasteiger partial charge in [-0.1, -0.05) is 61.5 Å². The summed E-state index contributed by atoms with van der Waals surface area (Å²) in [5.41, 5.74) is 1.08. The van der Waals surface area contributed by atoms with E-state index in [0.29, 0.717) is 0 Å². The van der Waals surface area contributed by atoms with Crippen molar-refractivity contribution in [1.29, 1.82) is 0 Å². The molecule has 0 fully saturated rings. The first-order chi connectivity index (χ1) is 10.6. The molecule has 0 aliphatic heterocycles. The maximum Gasteiger partial charge on any atom is 0.0420 e. The van der Waals surface area contributed by atoms with Crippen LogP contribution in [-0.2, 0) is 4.79 Å². The van der Waals surface area contributed by atoms with E-state index in [9.17, 15) is 9.90 Å². The Balaban J connectivity index is 2.10. The third kappa shape index (κ3) is 1.84. The van der Waals surface area contributed by atoms with Crippen LogP contribution in [-0.4, -0.2) is 5.97 Å². The highest BCUT2D eigenvalue weighted by atomic mass is 16.4. The van der Waals surface area contributed by atoms with Crippen molar-refractivity contribution in [3.05, 3.63) is 60.2 Å². The van der Waals surface area contributed by atoms with Crippen LogP contribution in [0, 0.1) is 0 Å². The van der Waals surface area contributed by atoms with Gasteiger partial charge >= 0.3 is 0 Å². The van der Waals surface area contributed by atoms with E-state index in [-0.39, 0.29) is 12.3 Å². The molecule has 108 valence electrons. The Hall–Kier alpha value is -2.61. The molecule has 4 rings (SSSR count). The lowest BCUT2D eigenvalue weighted by Gasteiger charge is -2.18. The van der Waals surface area contributed by atoms with Crippen molar-refractivity contribution in [3.63, 3.8) is 0 Å². The first-order valence-corrected chi connectivity index (χ1v) is 7.51. The van der Waals surface area contributed by atoms with E-state index in [1.807, 2.05) is 6.92 Å². The van der Waals surface area contributed by atoms with Gasteiger partial charge in [0.2, 0.25) is 0 Å². The summed E-state index contributed by atoms with van der Waals surface area (Å²) in [4.78, 5) is 10.9. The summed E-state index contributed by atoms with van der Waals surface area (Å²) in [6.45, 7) is 1.95. The fraction of sp³-hybridized carbons (Fsp3) is 0.150. The Morgan fingerprint density at radius 2 is 1.50 bits per heavy atom. The molecule has 0 saturated heterocycles.